The van der Waals surface area contributed by atoms with Gasteiger partial charge in [-0.05, 0) is 47.2 Å². The Morgan fingerprint density at radius 2 is 2.18 bits per heavy atom. The fraction of sp³-hybridized carbons (Fsp3) is 0.250. The van der Waals surface area contributed by atoms with Crippen molar-refractivity contribution in [1.82, 2.24) is 0 Å². The van der Waals surface area contributed by atoms with Crippen LogP contribution in [0.2, 0.25) is 0 Å². The SMILES string of the molecule is Cc1cc(I)cc(CN)c1F. The Morgan fingerprint density at radius 3 is 2.73 bits per heavy atom. The molecule has 0 aromatic heterocycles. The van der Waals surface area contributed by atoms with E-state index in [9.17, 15) is 4.39 Å². The number of halogens is 2. The molecule has 0 radical (unpaired) electrons. The van der Waals surface area contributed by atoms with E-state index in [0.29, 0.717) is 11.1 Å². The highest BCUT2D eigenvalue weighted by molar-refractivity contribution is 14.1. The van der Waals surface area contributed by atoms with Gasteiger partial charge < -0.3 is 5.73 Å². The van der Waals surface area contributed by atoms with E-state index < -0.39 is 0 Å². The van der Waals surface area contributed by atoms with Crippen molar-refractivity contribution >= 4 is 22.6 Å². The van der Waals surface area contributed by atoms with Crippen molar-refractivity contribution in [2.24, 2.45) is 5.73 Å². The van der Waals surface area contributed by atoms with Crippen LogP contribution in [-0.4, -0.2) is 0 Å². The lowest BCUT2D eigenvalue weighted by Gasteiger charge is -2.03. The van der Waals surface area contributed by atoms with Crippen molar-refractivity contribution < 1.29 is 4.39 Å². The maximum Gasteiger partial charge on any atom is 0.130 e. The van der Waals surface area contributed by atoms with Gasteiger partial charge in [-0.3, -0.25) is 0 Å². The molecule has 1 rings (SSSR count). The van der Waals surface area contributed by atoms with Crippen molar-refractivity contribution in [3.63, 3.8) is 0 Å². The summed E-state index contributed by atoms with van der Waals surface area (Å²) in [6.07, 6.45) is 0. The summed E-state index contributed by atoms with van der Waals surface area (Å²) in [7, 11) is 0. The van der Waals surface area contributed by atoms with E-state index in [1.807, 2.05) is 0 Å². The second kappa shape index (κ2) is 3.49. The van der Waals surface area contributed by atoms with Gasteiger partial charge in [0.05, 0.1) is 0 Å². The molecule has 0 heterocycles. The van der Waals surface area contributed by atoms with Gasteiger partial charge in [0.25, 0.3) is 0 Å². The first-order valence-electron chi connectivity index (χ1n) is 3.29. The first-order valence-corrected chi connectivity index (χ1v) is 4.37. The van der Waals surface area contributed by atoms with E-state index in [2.05, 4.69) is 22.6 Å². The molecule has 1 aromatic rings. The number of nitrogens with two attached hydrogens (primary N) is 1. The molecular weight excluding hydrogens is 256 g/mol. The highest BCUT2D eigenvalue weighted by atomic mass is 127. The van der Waals surface area contributed by atoms with Crippen molar-refractivity contribution in [3.8, 4) is 0 Å². The van der Waals surface area contributed by atoms with Crippen LogP contribution in [0.3, 0.4) is 0 Å². The standard InChI is InChI=1S/C8H9FIN/c1-5-2-7(10)3-6(4-11)8(5)9/h2-3H,4,11H2,1H3. The molecule has 1 aromatic carbocycles. The number of benzene rings is 1. The first-order chi connectivity index (χ1) is 5.15. The third kappa shape index (κ3) is 1.90. The third-order valence-corrected chi connectivity index (χ3v) is 2.14. The molecule has 0 saturated carbocycles. The minimum absolute atomic E-state index is 0.173. The molecule has 2 N–H and O–H groups in total. The molecule has 0 amide bonds. The first kappa shape index (κ1) is 8.93. The zero-order chi connectivity index (χ0) is 8.43. The summed E-state index contributed by atoms with van der Waals surface area (Å²) in [6.45, 7) is 2.01. The van der Waals surface area contributed by atoms with Crippen LogP contribution in [0.4, 0.5) is 4.39 Å². The normalized spacial score (nSPS) is 10.2. The molecule has 0 atom stereocenters. The van der Waals surface area contributed by atoms with Crippen LogP contribution in [-0.2, 0) is 6.54 Å². The largest absolute Gasteiger partial charge is 0.326 e. The lowest BCUT2D eigenvalue weighted by molar-refractivity contribution is 0.601. The van der Waals surface area contributed by atoms with Gasteiger partial charge in [-0.25, -0.2) is 4.39 Å². The average molecular weight is 265 g/mol. The predicted molar refractivity (Wildman–Crippen MR) is 51.7 cm³/mol. The van der Waals surface area contributed by atoms with Gasteiger partial charge in [0.2, 0.25) is 0 Å². The molecule has 0 aliphatic heterocycles. The number of hydrogen-bond donors (Lipinski definition) is 1. The predicted octanol–water partition coefficient (Wildman–Crippen LogP) is 2.20. The van der Waals surface area contributed by atoms with Crippen molar-refractivity contribution in [2.45, 2.75) is 13.5 Å². The highest BCUT2D eigenvalue weighted by Crippen LogP contribution is 2.16. The molecule has 3 heteroatoms. The van der Waals surface area contributed by atoms with Crippen LogP contribution >= 0.6 is 22.6 Å². The van der Waals surface area contributed by atoms with Crippen molar-refractivity contribution in [1.29, 1.82) is 0 Å². The highest BCUT2D eigenvalue weighted by Gasteiger charge is 2.04. The Kier molecular flexibility index (Phi) is 2.84. The molecule has 0 aliphatic carbocycles. The average Bonchev–Trinajstić information content (AvgIpc) is 1.96. The van der Waals surface area contributed by atoms with E-state index in [1.54, 1.807) is 19.1 Å². The number of rotatable bonds is 1. The molecule has 11 heavy (non-hydrogen) atoms. The van der Waals surface area contributed by atoms with E-state index in [4.69, 9.17) is 5.73 Å². The summed E-state index contributed by atoms with van der Waals surface area (Å²) >= 11 is 2.15. The van der Waals surface area contributed by atoms with Gasteiger partial charge in [0.1, 0.15) is 5.82 Å². The lowest BCUT2D eigenvalue weighted by Crippen LogP contribution is -2.01. The summed E-state index contributed by atoms with van der Waals surface area (Å²) in [5.74, 6) is -0.173. The Balaban J connectivity index is 3.24. The van der Waals surface area contributed by atoms with E-state index in [1.165, 1.54) is 0 Å². The van der Waals surface area contributed by atoms with Gasteiger partial charge in [0.15, 0.2) is 0 Å². The minimum Gasteiger partial charge on any atom is -0.326 e. The van der Waals surface area contributed by atoms with Gasteiger partial charge in [-0.2, -0.15) is 0 Å². The molecule has 0 unspecified atom stereocenters. The topological polar surface area (TPSA) is 26.0 Å². The van der Waals surface area contributed by atoms with E-state index in [0.717, 1.165) is 3.57 Å². The smallest absolute Gasteiger partial charge is 0.130 e. The minimum atomic E-state index is -0.173. The molecule has 0 saturated heterocycles. The van der Waals surface area contributed by atoms with Crippen LogP contribution < -0.4 is 5.73 Å². The fourth-order valence-corrected chi connectivity index (χ4v) is 1.79. The third-order valence-electron chi connectivity index (χ3n) is 1.51. The zero-order valence-electron chi connectivity index (χ0n) is 6.20. The van der Waals surface area contributed by atoms with Crippen molar-refractivity contribution in [2.75, 3.05) is 0 Å². The van der Waals surface area contributed by atoms with Crippen LogP contribution in [0.25, 0.3) is 0 Å². The molecule has 1 nitrogen and oxygen atoms in total. The van der Waals surface area contributed by atoms with Crippen molar-refractivity contribution in [3.05, 3.63) is 32.6 Å². The number of hydrogen-bond acceptors (Lipinski definition) is 1. The monoisotopic (exact) mass is 265 g/mol. The van der Waals surface area contributed by atoms with Crippen LogP contribution in [0, 0.1) is 16.3 Å². The second-order valence-electron chi connectivity index (χ2n) is 2.40. The Bertz CT molecular complexity index is 273. The molecule has 60 valence electrons. The Labute approximate surface area is 78.9 Å². The van der Waals surface area contributed by atoms with Crippen LogP contribution in [0.1, 0.15) is 11.1 Å². The summed E-state index contributed by atoms with van der Waals surface area (Å²) < 4.78 is 14.1. The summed E-state index contributed by atoms with van der Waals surface area (Å²) in [4.78, 5) is 0. The molecular formula is C8H9FIN. The lowest BCUT2D eigenvalue weighted by atomic mass is 10.1. The molecule has 0 bridgehead atoms. The van der Waals surface area contributed by atoms with Gasteiger partial charge in [0, 0.05) is 15.7 Å². The number of aryl methyl sites for hydroxylation is 1. The summed E-state index contributed by atoms with van der Waals surface area (Å²) in [5, 5.41) is 0. The second-order valence-corrected chi connectivity index (χ2v) is 3.65. The maximum absolute atomic E-state index is 13.1. The quantitative estimate of drug-likeness (QED) is 0.774. The Hall–Kier alpha value is -0.160. The molecule has 0 spiro atoms. The van der Waals surface area contributed by atoms with Crippen LogP contribution in [0.15, 0.2) is 12.1 Å². The molecule has 0 fully saturated rings. The summed E-state index contributed by atoms with van der Waals surface area (Å²) in [5.41, 5.74) is 6.60. The zero-order valence-corrected chi connectivity index (χ0v) is 8.35. The Morgan fingerprint density at radius 1 is 1.55 bits per heavy atom. The van der Waals surface area contributed by atoms with Gasteiger partial charge >= 0.3 is 0 Å². The molecule has 0 aliphatic rings. The van der Waals surface area contributed by atoms with E-state index >= 15 is 0 Å². The van der Waals surface area contributed by atoms with Gasteiger partial charge in [-0.1, -0.05) is 0 Å². The van der Waals surface area contributed by atoms with E-state index in [-0.39, 0.29) is 12.4 Å². The maximum atomic E-state index is 13.1. The van der Waals surface area contributed by atoms with Gasteiger partial charge in [-0.15, -0.1) is 0 Å². The van der Waals surface area contributed by atoms with Crippen LogP contribution in [0.5, 0.6) is 0 Å². The fourth-order valence-electron chi connectivity index (χ4n) is 0.943. The summed E-state index contributed by atoms with van der Waals surface area (Å²) in [6, 6.07) is 3.57.